The zero-order valence-corrected chi connectivity index (χ0v) is 9.65. The molecule has 1 saturated heterocycles. The van der Waals surface area contributed by atoms with E-state index >= 15 is 0 Å². The van der Waals surface area contributed by atoms with E-state index in [1.165, 1.54) is 0 Å². The van der Waals surface area contributed by atoms with Crippen molar-refractivity contribution in [2.24, 2.45) is 5.84 Å². The lowest BCUT2D eigenvalue weighted by atomic mass is 10.3. The van der Waals surface area contributed by atoms with Crippen LogP contribution in [0.15, 0.2) is 17.8 Å². The molecule has 0 atom stereocenters. The van der Waals surface area contributed by atoms with E-state index in [0.29, 0.717) is 0 Å². The van der Waals surface area contributed by atoms with Crippen molar-refractivity contribution in [3.05, 3.63) is 17.8 Å². The number of nitrogens with two attached hydrogens (primary N) is 1. The van der Waals surface area contributed by atoms with Crippen molar-refractivity contribution >= 4 is 27.4 Å². The van der Waals surface area contributed by atoms with Crippen LogP contribution < -0.4 is 10.7 Å². The van der Waals surface area contributed by atoms with Gasteiger partial charge in [-0.1, -0.05) is 0 Å². The van der Waals surface area contributed by atoms with Gasteiger partial charge in [-0.3, -0.25) is 5.84 Å². The van der Waals surface area contributed by atoms with Gasteiger partial charge in [-0.2, -0.15) is 0 Å². The van der Waals surface area contributed by atoms with E-state index in [-0.39, 0.29) is 0 Å². The minimum absolute atomic E-state index is 0.885. The van der Waals surface area contributed by atoms with Gasteiger partial charge >= 0.3 is 0 Å². The SMILES string of the molecule is NN1CCN(c2ncnc3sccc23)CC1. The molecule has 0 spiro atoms. The summed E-state index contributed by atoms with van der Waals surface area (Å²) in [4.78, 5) is 12.0. The standard InChI is InChI=1S/C10H13N5S/c11-15-4-2-14(3-5-15)9-8-1-6-16-10(8)13-7-12-9/h1,6-7H,2-5,11H2. The van der Waals surface area contributed by atoms with Crippen LogP contribution in [0.3, 0.4) is 0 Å². The van der Waals surface area contributed by atoms with Crippen molar-refractivity contribution < 1.29 is 0 Å². The van der Waals surface area contributed by atoms with Crippen molar-refractivity contribution in [3.8, 4) is 0 Å². The van der Waals surface area contributed by atoms with E-state index in [0.717, 1.165) is 42.2 Å². The van der Waals surface area contributed by atoms with Gasteiger partial charge in [-0.15, -0.1) is 11.3 Å². The summed E-state index contributed by atoms with van der Waals surface area (Å²) in [6.07, 6.45) is 1.64. The summed E-state index contributed by atoms with van der Waals surface area (Å²) in [6.45, 7) is 3.63. The number of nitrogens with zero attached hydrogens (tertiary/aromatic N) is 4. The van der Waals surface area contributed by atoms with Crippen molar-refractivity contribution in [2.45, 2.75) is 0 Å². The Morgan fingerprint density at radius 3 is 2.81 bits per heavy atom. The van der Waals surface area contributed by atoms with E-state index in [2.05, 4.69) is 26.3 Å². The van der Waals surface area contributed by atoms with Crippen molar-refractivity contribution in [3.63, 3.8) is 0 Å². The number of hydrazine groups is 1. The molecule has 1 aliphatic heterocycles. The second kappa shape index (κ2) is 3.97. The average molecular weight is 235 g/mol. The smallest absolute Gasteiger partial charge is 0.140 e. The molecule has 0 radical (unpaired) electrons. The molecule has 2 aromatic rings. The number of rotatable bonds is 1. The fourth-order valence-electron chi connectivity index (χ4n) is 1.96. The molecule has 2 aromatic heterocycles. The molecule has 0 saturated carbocycles. The summed E-state index contributed by atoms with van der Waals surface area (Å²) >= 11 is 1.65. The number of thiophene rings is 1. The van der Waals surface area contributed by atoms with Crippen LogP contribution in [0.2, 0.25) is 0 Å². The molecule has 2 N–H and O–H groups in total. The number of anilines is 1. The van der Waals surface area contributed by atoms with E-state index in [1.807, 2.05) is 5.01 Å². The monoisotopic (exact) mass is 235 g/mol. The summed E-state index contributed by atoms with van der Waals surface area (Å²) in [5.41, 5.74) is 0. The molecule has 3 rings (SSSR count). The lowest BCUT2D eigenvalue weighted by Crippen LogP contribution is -2.49. The quantitative estimate of drug-likeness (QED) is 0.737. The Balaban J connectivity index is 1.96. The highest BCUT2D eigenvalue weighted by atomic mass is 32.1. The Labute approximate surface area is 97.5 Å². The zero-order chi connectivity index (χ0) is 11.0. The maximum Gasteiger partial charge on any atom is 0.140 e. The summed E-state index contributed by atoms with van der Waals surface area (Å²) in [7, 11) is 0. The van der Waals surface area contributed by atoms with Crippen LogP contribution in [-0.2, 0) is 0 Å². The Morgan fingerprint density at radius 1 is 1.19 bits per heavy atom. The minimum Gasteiger partial charge on any atom is -0.353 e. The molecule has 0 unspecified atom stereocenters. The summed E-state index contributed by atoms with van der Waals surface area (Å²) in [6, 6.07) is 2.09. The first kappa shape index (κ1) is 9.95. The van der Waals surface area contributed by atoms with Gasteiger partial charge in [-0.05, 0) is 11.4 Å². The van der Waals surface area contributed by atoms with E-state index < -0.39 is 0 Å². The molecule has 0 aromatic carbocycles. The summed E-state index contributed by atoms with van der Waals surface area (Å²) in [5.74, 6) is 6.78. The normalized spacial score (nSPS) is 18.2. The van der Waals surface area contributed by atoms with Gasteiger partial charge in [0.05, 0.1) is 5.39 Å². The molecule has 6 heteroatoms. The second-order valence-electron chi connectivity index (χ2n) is 3.86. The van der Waals surface area contributed by atoms with Gasteiger partial charge in [0.15, 0.2) is 0 Å². The van der Waals surface area contributed by atoms with Crippen LogP contribution in [0.4, 0.5) is 5.82 Å². The first-order valence-corrected chi connectivity index (χ1v) is 6.15. The highest BCUT2D eigenvalue weighted by molar-refractivity contribution is 7.16. The van der Waals surface area contributed by atoms with Crippen LogP contribution in [0.25, 0.3) is 10.2 Å². The maximum atomic E-state index is 5.74. The van der Waals surface area contributed by atoms with Crippen molar-refractivity contribution in [1.82, 2.24) is 15.0 Å². The number of aromatic nitrogens is 2. The third kappa shape index (κ3) is 1.64. The second-order valence-corrected chi connectivity index (χ2v) is 4.75. The molecule has 1 fully saturated rings. The topological polar surface area (TPSA) is 58.3 Å². The van der Waals surface area contributed by atoms with Crippen molar-refractivity contribution in [2.75, 3.05) is 31.1 Å². The molecule has 5 nitrogen and oxygen atoms in total. The third-order valence-electron chi connectivity index (χ3n) is 2.85. The molecule has 1 aliphatic rings. The third-order valence-corrected chi connectivity index (χ3v) is 3.68. The number of hydrogen-bond donors (Lipinski definition) is 1. The highest BCUT2D eigenvalue weighted by Crippen LogP contribution is 2.26. The molecular formula is C10H13N5S. The fraction of sp³-hybridized carbons (Fsp3) is 0.400. The molecule has 0 aliphatic carbocycles. The zero-order valence-electron chi connectivity index (χ0n) is 8.83. The summed E-state index contributed by atoms with van der Waals surface area (Å²) in [5, 5.41) is 5.06. The highest BCUT2D eigenvalue weighted by Gasteiger charge is 2.18. The maximum absolute atomic E-state index is 5.74. The van der Waals surface area contributed by atoms with Crippen LogP contribution in [0.1, 0.15) is 0 Å². The number of hydrogen-bond acceptors (Lipinski definition) is 6. The van der Waals surface area contributed by atoms with Crippen LogP contribution >= 0.6 is 11.3 Å². The average Bonchev–Trinajstić information content (AvgIpc) is 2.78. The van der Waals surface area contributed by atoms with Gasteiger partial charge < -0.3 is 4.90 Å². The molecular weight excluding hydrogens is 222 g/mol. The largest absolute Gasteiger partial charge is 0.353 e. The van der Waals surface area contributed by atoms with Gasteiger partial charge in [-0.25, -0.2) is 15.0 Å². The number of piperazine rings is 1. The Morgan fingerprint density at radius 2 is 2.00 bits per heavy atom. The van der Waals surface area contributed by atoms with Gasteiger partial charge in [0.25, 0.3) is 0 Å². The Kier molecular flexibility index (Phi) is 2.47. The Hall–Kier alpha value is -1.24. The molecule has 0 bridgehead atoms. The van der Waals surface area contributed by atoms with Gasteiger partial charge in [0.1, 0.15) is 17.0 Å². The van der Waals surface area contributed by atoms with E-state index in [9.17, 15) is 0 Å². The first-order valence-electron chi connectivity index (χ1n) is 5.27. The lowest BCUT2D eigenvalue weighted by Gasteiger charge is -2.32. The lowest BCUT2D eigenvalue weighted by molar-refractivity contribution is 0.266. The first-order chi connectivity index (χ1) is 7.84. The van der Waals surface area contributed by atoms with Gasteiger partial charge in [0.2, 0.25) is 0 Å². The minimum atomic E-state index is 0.885. The van der Waals surface area contributed by atoms with Crippen LogP contribution in [0, 0.1) is 0 Å². The summed E-state index contributed by atoms with van der Waals surface area (Å²) < 4.78 is 0. The van der Waals surface area contributed by atoms with E-state index in [1.54, 1.807) is 17.7 Å². The van der Waals surface area contributed by atoms with Crippen molar-refractivity contribution in [1.29, 1.82) is 0 Å². The van der Waals surface area contributed by atoms with Crippen LogP contribution in [-0.4, -0.2) is 41.2 Å². The van der Waals surface area contributed by atoms with E-state index in [4.69, 9.17) is 5.84 Å². The fourth-order valence-corrected chi connectivity index (χ4v) is 2.69. The molecule has 84 valence electrons. The predicted octanol–water partition coefficient (Wildman–Crippen LogP) is 0.687. The number of fused-ring (bicyclic) bond motifs is 1. The Bertz CT molecular complexity index is 489. The predicted molar refractivity (Wildman–Crippen MR) is 65.4 cm³/mol. The van der Waals surface area contributed by atoms with Crippen LogP contribution in [0.5, 0.6) is 0 Å². The molecule has 0 amide bonds. The molecule has 3 heterocycles. The molecule has 16 heavy (non-hydrogen) atoms. The van der Waals surface area contributed by atoms with Gasteiger partial charge in [0, 0.05) is 26.2 Å².